The van der Waals surface area contributed by atoms with E-state index in [9.17, 15) is 10.2 Å². The normalized spacial score (nSPS) is 14.6. The Kier molecular flexibility index (Phi) is 5.83. The van der Waals surface area contributed by atoms with Crippen molar-refractivity contribution in [3.05, 3.63) is 34.4 Å². The van der Waals surface area contributed by atoms with E-state index in [0.29, 0.717) is 12.8 Å². The van der Waals surface area contributed by atoms with Crippen molar-refractivity contribution in [2.75, 3.05) is 0 Å². The average Bonchev–Trinajstić information content (AvgIpc) is 2.27. The zero-order chi connectivity index (χ0) is 13.7. The molecule has 2 unspecified atom stereocenters. The van der Waals surface area contributed by atoms with E-state index in [4.69, 9.17) is 0 Å². The van der Waals surface area contributed by atoms with Crippen LogP contribution in [0.5, 0.6) is 0 Å². The van der Waals surface area contributed by atoms with Crippen LogP contribution in [0, 0.1) is 20.8 Å². The molecule has 0 aliphatic heterocycles. The third kappa shape index (κ3) is 4.11. The third-order valence-corrected chi connectivity index (χ3v) is 3.56. The Balaban J connectivity index is 2.63. The first-order valence-electron chi connectivity index (χ1n) is 6.88. The fourth-order valence-electron chi connectivity index (χ4n) is 2.58. The van der Waals surface area contributed by atoms with Gasteiger partial charge in [0.15, 0.2) is 0 Å². The lowest BCUT2D eigenvalue weighted by Gasteiger charge is -2.18. The largest absolute Gasteiger partial charge is 0.390 e. The molecule has 2 heteroatoms. The molecule has 1 aromatic carbocycles. The van der Waals surface area contributed by atoms with Crippen molar-refractivity contribution in [2.24, 2.45) is 0 Å². The predicted molar refractivity (Wildman–Crippen MR) is 75.9 cm³/mol. The van der Waals surface area contributed by atoms with Gasteiger partial charge in [-0.25, -0.2) is 0 Å². The monoisotopic (exact) mass is 250 g/mol. The highest BCUT2D eigenvalue weighted by atomic mass is 16.3. The van der Waals surface area contributed by atoms with Crippen molar-refractivity contribution >= 4 is 0 Å². The molecule has 0 saturated heterocycles. The third-order valence-electron chi connectivity index (χ3n) is 3.56. The SMILES string of the molecule is CCCC(O)C(O)CCc1c(C)cc(C)cc1C. The van der Waals surface area contributed by atoms with Gasteiger partial charge >= 0.3 is 0 Å². The van der Waals surface area contributed by atoms with Crippen LogP contribution in [0.1, 0.15) is 48.4 Å². The summed E-state index contributed by atoms with van der Waals surface area (Å²) in [7, 11) is 0. The van der Waals surface area contributed by atoms with Crippen molar-refractivity contribution < 1.29 is 10.2 Å². The maximum Gasteiger partial charge on any atom is 0.0802 e. The summed E-state index contributed by atoms with van der Waals surface area (Å²) < 4.78 is 0. The minimum absolute atomic E-state index is 0.582. The molecular weight excluding hydrogens is 224 g/mol. The van der Waals surface area contributed by atoms with Gasteiger partial charge in [-0.3, -0.25) is 0 Å². The van der Waals surface area contributed by atoms with Crippen molar-refractivity contribution in [1.29, 1.82) is 0 Å². The second-order valence-electron chi connectivity index (χ2n) is 5.34. The summed E-state index contributed by atoms with van der Waals surface area (Å²) in [6, 6.07) is 4.36. The number of aliphatic hydroxyl groups excluding tert-OH is 2. The fourth-order valence-corrected chi connectivity index (χ4v) is 2.58. The first-order chi connectivity index (χ1) is 8.45. The minimum Gasteiger partial charge on any atom is -0.390 e. The summed E-state index contributed by atoms with van der Waals surface area (Å²) in [5, 5.41) is 19.6. The lowest BCUT2D eigenvalue weighted by molar-refractivity contribution is 0.00977. The highest BCUT2D eigenvalue weighted by Crippen LogP contribution is 2.19. The van der Waals surface area contributed by atoms with Gasteiger partial charge in [-0.2, -0.15) is 0 Å². The molecule has 1 rings (SSSR count). The number of rotatable bonds is 6. The van der Waals surface area contributed by atoms with E-state index in [0.717, 1.165) is 12.8 Å². The van der Waals surface area contributed by atoms with Crippen molar-refractivity contribution in [3.63, 3.8) is 0 Å². The molecule has 0 spiro atoms. The summed E-state index contributed by atoms with van der Waals surface area (Å²) in [6.07, 6.45) is 1.85. The molecule has 0 aliphatic rings. The molecule has 1 aromatic rings. The van der Waals surface area contributed by atoms with E-state index in [2.05, 4.69) is 32.9 Å². The smallest absolute Gasteiger partial charge is 0.0802 e. The molecule has 102 valence electrons. The Hall–Kier alpha value is -0.860. The number of aliphatic hydroxyl groups is 2. The number of benzene rings is 1. The Bertz CT molecular complexity index is 362. The molecule has 0 fully saturated rings. The Morgan fingerprint density at radius 3 is 1.94 bits per heavy atom. The van der Waals surface area contributed by atoms with Gasteiger partial charge in [-0.1, -0.05) is 31.0 Å². The van der Waals surface area contributed by atoms with Gasteiger partial charge in [0.25, 0.3) is 0 Å². The fraction of sp³-hybridized carbons (Fsp3) is 0.625. The lowest BCUT2D eigenvalue weighted by atomic mass is 9.93. The van der Waals surface area contributed by atoms with Crippen molar-refractivity contribution in [2.45, 2.75) is 65.6 Å². The number of aryl methyl sites for hydroxylation is 3. The lowest BCUT2D eigenvalue weighted by Crippen LogP contribution is -2.26. The van der Waals surface area contributed by atoms with Gasteiger partial charge < -0.3 is 10.2 Å². The standard InChI is InChI=1S/C16H26O2/c1-5-6-15(17)16(18)8-7-14-12(3)9-11(2)10-13(14)4/h9-10,15-18H,5-8H2,1-4H3. The van der Waals surface area contributed by atoms with Crippen LogP contribution < -0.4 is 0 Å². The van der Waals surface area contributed by atoms with E-state index in [1.54, 1.807) is 0 Å². The summed E-state index contributed by atoms with van der Waals surface area (Å²) in [6.45, 7) is 8.35. The van der Waals surface area contributed by atoms with E-state index >= 15 is 0 Å². The van der Waals surface area contributed by atoms with Crippen LogP contribution in [0.15, 0.2) is 12.1 Å². The molecule has 0 aliphatic carbocycles. The van der Waals surface area contributed by atoms with E-state index < -0.39 is 12.2 Å². The average molecular weight is 250 g/mol. The van der Waals surface area contributed by atoms with Gasteiger partial charge in [-0.15, -0.1) is 0 Å². The Labute approximate surface area is 111 Å². The van der Waals surface area contributed by atoms with Crippen LogP contribution in [0.3, 0.4) is 0 Å². The molecular formula is C16H26O2. The molecule has 18 heavy (non-hydrogen) atoms. The molecule has 0 amide bonds. The van der Waals surface area contributed by atoms with Crippen LogP contribution in [0.25, 0.3) is 0 Å². The first-order valence-corrected chi connectivity index (χ1v) is 6.88. The molecule has 0 heterocycles. The second-order valence-corrected chi connectivity index (χ2v) is 5.34. The number of hydrogen-bond acceptors (Lipinski definition) is 2. The van der Waals surface area contributed by atoms with Gasteiger partial charge in [0.1, 0.15) is 0 Å². The van der Waals surface area contributed by atoms with Gasteiger partial charge in [-0.05, 0) is 56.7 Å². The highest BCUT2D eigenvalue weighted by molar-refractivity contribution is 5.37. The van der Waals surface area contributed by atoms with Crippen LogP contribution >= 0.6 is 0 Å². The molecule has 0 saturated carbocycles. The van der Waals surface area contributed by atoms with E-state index in [1.807, 2.05) is 6.92 Å². The predicted octanol–water partition coefficient (Wildman–Crippen LogP) is 3.07. The van der Waals surface area contributed by atoms with Gasteiger partial charge in [0.2, 0.25) is 0 Å². The van der Waals surface area contributed by atoms with Crippen molar-refractivity contribution in [3.8, 4) is 0 Å². The van der Waals surface area contributed by atoms with Gasteiger partial charge in [0.05, 0.1) is 12.2 Å². The maximum atomic E-state index is 9.90. The quantitative estimate of drug-likeness (QED) is 0.814. The first kappa shape index (κ1) is 15.2. The van der Waals surface area contributed by atoms with Crippen LogP contribution in [0.2, 0.25) is 0 Å². The van der Waals surface area contributed by atoms with Crippen LogP contribution in [0.4, 0.5) is 0 Å². The minimum atomic E-state index is -0.606. The molecule has 0 bridgehead atoms. The molecule has 2 atom stereocenters. The highest BCUT2D eigenvalue weighted by Gasteiger charge is 2.16. The summed E-state index contributed by atoms with van der Waals surface area (Å²) in [4.78, 5) is 0. The topological polar surface area (TPSA) is 40.5 Å². The van der Waals surface area contributed by atoms with E-state index in [1.165, 1.54) is 22.3 Å². The van der Waals surface area contributed by atoms with Crippen molar-refractivity contribution in [1.82, 2.24) is 0 Å². The maximum absolute atomic E-state index is 9.90. The Morgan fingerprint density at radius 2 is 1.44 bits per heavy atom. The summed E-state index contributed by atoms with van der Waals surface area (Å²) >= 11 is 0. The summed E-state index contributed by atoms with van der Waals surface area (Å²) in [5.41, 5.74) is 5.15. The second kappa shape index (κ2) is 6.91. The molecule has 2 N–H and O–H groups in total. The zero-order valence-corrected chi connectivity index (χ0v) is 12.0. The molecule has 0 aromatic heterocycles. The summed E-state index contributed by atoms with van der Waals surface area (Å²) in [5.74, 6) is 0. The zero-order valence-electron chi connectivity index (χ0n) is 12.0. The number of hydrogen-bond donors (Lipinski definition) is 2. The Morgan fingerprint density at radius 1 is 0.944 bits per heavy atom. The molecule has 0 radical (unpaired) electrons. The van der Waals surface area contributed by atoms with Gasteiger partial charge in [0, 0.05) is 0 Å². The molecule has 2 nitrogen and oxygen atoms in total. The van der Waals surface area contributed by atoms with Crippen LogP contribution in [-0.4, -0.2) is 22.4 Å². The van der Waals surface area contributed by atoms with E-state index in [-0.39, 0.29) is 0 Å². The van der Waals surface area contributed by atoms with Crippen LogP contribution in [-0.2, 0) is 6.42 Å².